The van der Waals surface area contributed by atoms with Crippen molar-refractivity contribution in [3.63, 3.8) is 0 Å². The van der Waals surface area contributed by atoms with Gasteiger partial charge in [0.2, 0.25) is 5.89 Å². The van der Waals surface area contributed by atoms with E-state index in [0.29, 0.717) is 12.3 Å². The number of aromatic nitrogens is 3. The van der Waals surface area contributed by atoms with E-state index in [1.165, 1.54) is 5.56 Å². The van der Waals surface area contributed by atoms with Gasteiger partial charge in [-0.25, -0.2) is 4.79 Å². The molecule has 140 valence electrons. The molecule has 0 spiro atoms. The first-order valence-corrected chi connectivity index (χ1v) is 9.42. The molecule has 3 rings (SSSR count). The summed E-state index contributed by atoms with van der Waals surface area (Å²) in [6.45, 7) is 7.93. The molecule has 0 fully saturated rings. The summed E-state index contributed by atoms with van der Waals surface area (Å²) in [6, 6.07) is 10.2. The molecule has 27 heavy (non-hydrogen) atoms. The molecule has 2 heterocycles. The van der Waals surface area contributed by atoms with Crippen molar-refractivity contribution in [1.29, 1.82) is 0 Å². The summed E-state index contributed by atoms with van der Waals surface area (Å²) in [4.78, 5) is 11.8. The molecule has 3 aromatic rings. The zero-order valence-electron chi connectivity index (χ0n) is 15.7. The van der Waals surface area contributed by atoms with E-state index < -0.39 is 5.97 Å². The van der Waals surface area contributed by atoms with Gasteiger partial charge < -0.3 is 14.1 Å². The second kappa shape index (κ2) is 7.84. The van der Waals surface area contributed by atoms with Crippen molar-refractivity contribution in [1.82, 2.24) is 14.8 Å². The average molecular weight is 383 g/mol. The first kappa shape index (κ1) is 19.0. The van der Waals surface area contributed by atoms with Crippen LogP contribution in [0.25, 0.3) is 11.8 Å². The second-order valence-corrected chi connectivity index (χ2v) is 7.23. The number of aryl methyl sites for hydroxylation is 3. The maximum absolute atomic E-state index is 11.7. The molecule has 0 aliphatic heterocycles. The maximum atomic E-state index is 11.7. The Balaban J connectivity index is 1.98. The number of hydrogen-bond acceptors (Lipinski definition) is 5. The quantitative estimate of drug-likeness (QED) is 0.496. The SMILES string of the molecule is CCc1nnc(S/C(=C/c2cc(C)n(-c3cccc(C)c3)c2C)C(=O)O)o1. The number of carbonyl (C=O) groups is 1. The Labute approximate surface area is 161 Å². The summed E-state index contributed by atoms with van der Waals surface area (Å²) >= 11 is 0.962. The van der Waals surface area contributed by atoms with Crippen LogP contribution >= 0.6 is 11.8 Å². The molecule has 6 nitrogen and oxygen atoms in total. The number of carboxylic acids is 1. The van der Waals surface area contributed by atoms with Crippen LogP contribution in [0.5, 0.6) is 0 Å². The Morgan fingerprint density at radius 1 is 1.26 bits per heavy atom. The Hall–Kier alpha value is -2.80. The van der Waals surface area contributed by atoms with Crippen LogP contribution < -0.4 is 0 Å². The number of rotatable bonds is 6. The summed E-state index contributed by atoms with van der Waals surface area (Å²) in [5.74, 6) is -0.545. The lowest BCUT2D eigenvalue weighted by molar-refractivity contribution is -0.131. The average Bonchev–Trinajstić information content (AvgIpc) is 3.18. The van der Waals surface area contributed by atoms with Gasteiger partial charge in [0.25, 0.3) is 5.22 Å². The number of carboxylic acid groups (broad SMARTS) is 1. The van der Waals surface area contributed by atoms with Crippen molar-refractivity contribution in [3.8, 4) is 5.69 Å². The maximum Gasteiger partial charge on any atom is 0.342 e. The van der Waals surface area contributed by atoms with Crippen molar-refractivity contribution in [2.75, 3.05) is 0 Å². The van der Waals surface area contributed by atoms with Crippen molar-refractivity contribution >= 4 is 23.8 Å². The van der Waals surface area contributed by atoms with E-state index in [2.05, 4.69) is 20.8 Å². The third-order valence-electron chi connectivity index (χ3n) is 4.18. The van der Waals surface area contributed by atoms with Gasteiger partial charge in [-0.2, -0.15) is 0 Å². The zero-order chi connectivity index (χ0) is 19.6. The first-order chi connectivity index (χ1) is 12.9. The molecule has 0 atom stereocenters. The van der Waals surface area contributed by atoms with E-state index in [9.17, 15) is 9.90 Å². The Kier molecular flexibility index (Phi) is 5.51. The van der Waals surface area contributed by atoms with Crippen LogP contribution in [0.15, 0.2) is 44.9 Å². The molecule has 0 radical (unpaired) electrons. The van der Waals surface area contributed by atoms with Gasteiger partial charge in [-0.05, 0) is 67.9 Å². The number of nitrogens with zero attached hydrogens (tertiary/aromatic N) is 3. The molecule has 2 aromatic heterocycles. The van der Waals surface area contributed by atoms with Gasteiger partial charge in [-0.1, -0.05) is 19.1 Å². The van der Waals surface area contributed by atoms with Crippen molar-refractivity contribution < 1.29 is 14.3 Å². The minimum Gasteiger partial charge on any atom is -0.477 e. The summed E-state index contributed by atoms with van der Waals surface area (Å²) in [6.07, 6.45) is 2.26. The predicted molar refractivity (Wildman–Crippen MR) is 105 cm³/mol. The largest absolute Gasteiger partial charge is 0.477 e. The fourth-order valence-corrected chi connectivity index (χ4v) is 3.57. The van der Waals surface area contributed by atoms with Crippen LogP contribution in [-0.4, -0.2) is 25.8 Å². The second-order valence-electron chi connectivity index (χ2n) is 6.23. The summed E-state index contributed by atoms with van der Waals surface area (Å²) in [7, 11) is 0. The molecular formula is C20H21N3O3S. The third-order valence-corrected chi connectivity index (χ3v) is 5.03. The Bertz CT molecular complexity index is 1020. The molecule has 7 heteroatoms. The van der Waals surface area contributed by atoms with E-state index in [4.69, 9.17) is 4.42 Å². The lowest BCUT2D eigenvalue weighted by Gasteiger charge is -2.10. The Morgan fingerprint density at radius 2 is 2.04 bits per heavy atom. The highest BCUT2D eigenvalue weighted by Gasteiger charge is 2.17. The number of thioether (sulfide) groups is 1. The molecule has 1 N–H and O–H groups in total. The van der Waals surface area contributed by atoms with E-state index in [1.54, 1.807) is 6.08 Å². The highest BCUT2D eigenvalue weighted by atomic mass is 32.2. The lowest BCUT2D eigenvalue weighted by atomic mass is 10.2. The number of benzene rings is 1. The van der Waals surface area contributed by atoms with Crippen LogP contribution in [0, 0.1) is 20.8 Å². The summed E-state index contributed by atoms with van der Waals surface area (Å²) in [5.41, 5.74) is 5.07. The van der Waals surface area contributed by atoms with Crippen molar-refractivity contribution in [2.24, 2.45) is 0 Å². The molecule has 0 bridgehead atoms. The van der Waals surface area contributed by atoms with Crippen molar-refractivity contribution in [2.45, 2.75) is 39.3 Å². The van der Waals surface area contributed by atoms with Gasteiger partial charge in [0, 0.05) is 23.5 Å². The smallest absolute Gasteiger partial charge is 0.342 e. The highest BCUT2D eigenvalue weighted by Crippen LogP contribution is 2.30. The van der Waals surface area contributed by atoms with Crippen LogP contribution in [0.2, 0.25) is 0 Å². The number of hydrogen-bond donors (Lipinski definition) is 1. The van der Waals surface area contributed by atoms with Crippen LogP contribution in [0.3, 0.4) is 0 Å². The fraction of sp³-hybridized carbons (Fsp3) is 0.250. The Morgan fingerprint density at radius 3 is 2.67 bits per heavy atom. The third kappa shape index (κ3) is 4.14. The lowest BCUT2D eigenvalue weighted by Crippen LogP contribution is -2.00. The van der Waals surface area contributed by atoms with Crippen LogP contribution in [0.4, 0.5) is 0 Å². The van der Waals surface area contributed by atoms with E-state index in [0.717, 1.165) is 34.4 Å². The zero-order valence-corrected chi connectivity index (χ0v) is 16.5. The normalized spacial score (nSPS) is 11.8. The van der Waals surface area contributed by atoms with Gasteiger partial charge in [-0.15, -0.1) is 10.2 Å². The molecule has 1 aromatic carbocycles. The van der Waals surface area contributed by atoms with E-state index in [1.807, 2.05) is 52.0 Å². The van der Waals surface area contributed by atoms with Gasteiger partial charge >= 0.3 is 5.97 Å². The van der Waals surface area contributed by atoms with E-state index >= 15 is 0 Å². The summed E-state index contributed by atoms with van der Waals surface area (Å²) < 4.78 is 7.54. The minimum absolute atomic E-state index is 0.130. The molecular weight excluding hydrogens is 362 g/mol. The van der Waals surface area contributed by atoms with Crippen LogP contribution in [-0.2, 0) is 11.2 Å². The summed E-state index contributed by atoms with van der Waals surface area (Å²) in [5, 5.41) is 17.6. The minimum atomic E-state index is -1.03. The monoisotopic (exact) mass is 383 g/mol. The molecule has 0 aliphatic rings. The van der Waals surface area contributed by atoms with Gasteiger partial charge in [0.15, 0.2) is 0 Å². The first-order valence-electron chi connectivity index (χ1n) is 8.60. The molecule has 0 saturated heterocycles. The number of aliphatic carboxylic acids is 1. The van der Waals surface area contributed by atoms with Gasteiger partial charge in [0.05, 0.1) is 0 Å². The molecule has 0 unspecified atom stereocenters. The topological polar surface area (TPSA) is 81.2 Å². The van der Waals surface area contributed by atoms with Gasteiger partial charge in [-0.3, -0.25) is 0 Å². The highest BCUT2D eigenvalue weighted by molar-refractivity contribution is 8.03. The fourth-order valence-electron chi connectivity index (χ4n) is 2.89. The predicted octanol–water partition coefficient (Wildman–Crippen LogP) is 4.57. The van der Waals surface area contributed by atoms with Crippen molar-refractivity contribution in [3.05, 3.63) is 63.6 Å². The standard InChI is InChI=1S/C20H21N3O3S/c1-5-18-21-22-20(26-18)27-17(19(24)25)11-15-10-13(3)23(14(15)4)16-8-6-7-12(2)9-16/h6-11H,5H2,1-4H3,(H,24,25)/b17-11+. The van der Waals surface area contributed by atoms with Gasteiger partial charge in [0.1, 0.15) is 4.91 Å². The molecule has 0 aliphatic carbocycles. The molecule has 0 saturated carbocycles. The van der Waals surface area contributed by atoms with Crippen LogP contribution in [0.1, 0.15) is 35.3 Å². The molecule has 0 amide bonds. The van der Waals surface area contributed by atoms with E-state index in [-0.39, 0.29) is 10.1 Å².